The molecular weight excluding hydrogens is 268 g/mol. The van der Waals surface area contributed by atoms with Crippen molar-refractivity contribution < 1.29 is 4.79 Å². The predicted octanol–water partition coefficient (Wildman–Crippen LogP) is 5.54. The summed E-state index contributed by atoms with van der Waals surface area (Å²) in [6.45, 7) is 7.48. The Morgan fingerprint density at radius 1 is 1.14 bits per heavy atom. The molecule has 0 aliphatic heterocycles. The van der Waals surface area contributed by atoms with Crippen LogP contribution < -0.4 is 0 Å². The highest BCUT2D eigenvalue weighted by Gasteiger charge is 2.57. The molecule has 122 valence electrons. The Kier molecular flexibility index (Phi) is 3.37. The molecule has 6 atom stereocenters. The van der Waals surface area contributed by atoms with E-state index in [4.69, 9.17) is 0 Å². The van der Waals surface area contributed by atoms with E-state index in [0.29, 0.717) is 16.6 Å². The lowest BCUT2D eigenvalue weighted by Crippen LogP contribution is -2.49. The first-order valence-electron chi connectivity index (χ1n) is 9.70. The maximum Gasteiger partial charge on any atom is 0.155 e. The average molecular weight is 300 g/mol. The maximum atomic E-state index is 11.9. The van der Waals surface area contributed by atoms with Crippen molar-refractivity contribution in [1.29, 1.82) is 0 Å². The van der Waals surface area contributed by atoms with Crippen molar-refractivity contribution in [1.82, 2.24) is 0 Å². The Balaban J connectivity index is 1.66. The molecule has 3 saturated carbocycles. The largest absolute Gasteiger partial charge is 0.295 e. The van der Waals surface area contributed by atoms with Gasteiger partial charge >= 0.3 is 0 Å². The molecule has 0 heterocycles. The van der Waals surface area contributed by atoms with Crippen molar-refractivity contribution >= 4 is 5.78 Å². The van der Waals surface area contributed by atoms with Crippen LogP contribution in [0.5, 0.6) is 0 Å². The highest BCUT2D eigenvalue weighted by atomic mass is 16.1. The van der Waals surface area contributed by atoms with Crippen LogP contribution in [-0.2, 0) is 4.79 Å². The number of fused-ring (bicyclic) bond motifs is 5. The second-order valence-electron chi connectivity index (χ2n) is 9.38. The minimum absolute atomic E-state index is 0.350. The van der Waals surface area contributed by atoms with Crippen LogP contribution in [0.1, 0.15) is 78.6 Å². The van der Waals surface area contributed by atoms with Gasteiger partial charge in [0.25, 0.3) is 0 Å². The summed E-state index contributed by atoms with van der Waals surface area (Å²) in [6, 6.07) is 0. The van der Waals surface area contributed by atoms with Crippen molar-refractivity contribution in [3.63, 3.8) is 0 Å². The van der Waals surface area contributed by atoms with Crippen LogP contribution >= 0.6 is 0 Å². The van der Waals surface area contributed by atoms with Crippen LogP contribution in [0.4, 0.5) is 0 Å². The smallest absolute Gasteiger partial charge is 0.155 e. The van der Waals surface area contributed by atoms with E-state index in [2.05, 4.69) is 20.8 Å². The topological polar surface area (TPSA) is 17.1 Å². The summed E-state index contributed by atoms with van der Waals surface area (Å²) < 4.78 is 0. The van der Waals surface area contributed by atoms with Crippen LogP contribution in [0.3, 0.4) is 0 Å². The number of rotatable bonds is 1. The minimum atomic E-state index is 0.350. The molecule has 0 spiro atoms. The fourth-order valence-corrected chi connectivity index (χ4v) is 7.08. The molecule has 3 fully saturated rings. The molecule has 4 aliphatic rings. The van der Waals surface area contributed by atoms with E-state index >= 15 is 0 Å². The summed E-state index contributed by atoms with van der Waals surface area (Å²) in [4.78, 5) is 11.9. The van der Waals surface area contributed by atoms with E-state index in [1.54, 1.807) is 0 Å². The molecule has 1 heteroatoms. The molecule has 0 aromatic heterocycles. The summed E-state index contributed by atoms with van der Waals surface area (Å²) in [5.41, 5.74) is 2.49. The van der Waals surface area contributed by atoms with Gasteiger partial charge in [0.05, 0.1) is 0 Å². The van der Waals surface area contributed by atoms with Gasteiger partial charge < -0.3 is 0 Å². The molecule has 0 saturated heterocycles. The third-order valence-electron chi connectivity index (χ3n) is 8.40. The highest BCUT2D eigenvalue weighted by molar-refractivity contribution is 5.91. The van der Waals surface area contributed by atoms with Gasteiger partial charge in [0.2, 0.25) is 0 Å². The van der Waals surface area contributed by atoms with E-state index in [0.717, 1.165) is 36.5 Å². The second-order valence-corrected chi connectivity index (χ2v) is 9.38. The number of carbonyl (C=O) groups excluding carboxylic acids is 1. The molecule has 0 amide bonds. The first-order valence-corrected chi connectivity index (χ1v) is 9.70. The van der Waals surface area contributed by atoms with Crippen LogP contribution in [0.15, 0.2) is 11.6 Å². The van der Waals surface area contributed by atoms with Gasteiger partial charge in [-0.15, -0.1) is 0 Å². The van der Waals surface area contributed by atoms with Crippen LogP contribution in [0, 0.1) is 34.5 Å². The molecule has 1 unspecified atom stereocenters. The molecule has 0 aromatic carbocycles. The van der Waals surface area contributed by atoms with Gasteiger partial charge in [-0.1, -0.05) is 32.8 Å². The van der Waals surface area contributed by atoms with Crippen LogP contribution in [0.2, 0.25) is 0 Å². The number of carbonyl (C=O) groups is 1. The zero-order chi connectivity index (χ0) is 15.5. The minimum Gasteiger partial charge on any atom is -0.295 e. The molecule has 22 heavy (non-hydrogen) atoms. The zero-order valence-corrected chi connectivity index (χ0v) is 14.7. The van der Waals surface area contributed by atoms with Gasteiger partial charge in [-0.2, -0.15) is 0 Å². The lowest BCUT2D eigenvalue weighted by molar-refractivity contribution is -0.117. The standard InChI is InChI=1S/C21H32O/c1-4-14-11-19-17-6-5-15-12-16(22)7-10-21(15,3)18(17)8-9-20(19,2)13-14/h12,14,17-19H,4-11,13H2,1-3H3/t14?,17-,18-,19+,20-,21+/m1/s1. The van der Waals surface area contributed by atoms with Gasteiger partial charge in [0.15, 0.2) is 5.78 Å². The van der Waals surface area contributed by atoms with Gasteiger partial charge in [-0.3, -0.25) is 4.79 Å². The molecule has 0 radical (unpaired) electrons. The van der Waals surface area contributed by atoms with Crippen molar-refractivity contribution in [2.75, 3.05) is 0 Å². The number of hydrogen-bond acceptors (Lipinski definition) is 1. The average Bonchev–Trinajstić information content (AvgIpc) is 2.85. The van der Waals surface area contributed by atoms with E-state index in [1.165, 1.54) is 50.5 Å². The number of allylic oxidation sites excluding steroid dienone is 1. The second kappa shape index (κ2) is 4.95. The van der Waals surface area contributed by atoms with E-state index in [-0.39, 0.29) is 0 Å². The summed E-state index contributed by atoms with van der Waals surface area (Å²) >= 11 is 0. The van der Waals surface area contributed by atoms with Gasteiger partial charge in [0, 0.05) is 6.42 Å². The summed E-state index contributed by atoms with van der Waals surface area (Å²) in [5, 5.41) is 0. The molecule has 1 nitrogen and oxygen atoms in total. The third-order valence-corrected chi connectivity index (χ3v) is 8.40. The fourth-order valence-electron chi connectivity index (χ4n) is 7.08. The van der Waals surface area contributed by atoms with Gasteiger partial charge in [-0.05, 0) is 85.5 Å². The third kappa shape index (κ3) is 2.00. The summed E-state index contributed by atoms with van der Waals surface area (Å²) in [5.74, 6) is 4.12. The Morgan fingerprint density at radius 3 is 2.73 bits per heavy atom. The predicted molar refractivity (Wildman–Crippen MR) is 90.5 cm³/mol. The SMILES string of the molecule is CCC1C[C@H]2[C@@H]3CCC4=CC(=O)CC[C@]4(C)[C@@H]3CC[C@]2(C)C1. The van der Waals surface area contributed by atoms with Crippen molar-refractivity contribution in [3.05, 3.63) is 11.6 Å². The Morgan fingerprint density at radius 2 is 1.95 bits per heavy atom. The maximum absolute atomic E-state index is 11.9. The monoisotopic (exact) mass is 300 g/mol. The Labute approximate surface area is 135 Å². The lowest BCUT2D eigenvalue weighted by Gasteiger charge is -2.57. The van der Waals surface area contributed by atoms with E-state index in [9.17, 15) is 4.79 Å². The Bertz CT molecular complexity index is 518. The summed E-state index contributed by atoms with van der Waals surface area (Å²) in [7, 11) is 0. The number of hydrogen-bond donors (Lipinski definition) is 0. The van der Waals surface area contributed by atoms with Crippen molar-refractivity contribution in [2.45, 2.75) is 78.6 Å². The van der Waals surface area contributed by atoms with E-state index < -0.39 is 0 Å². The zero-order valence-electron chi connectivity index (χ0n) is 14.7. The normalized spacial score (nSPS) is 50.9. The molecule has 0 N–H and O–H groups in total. The van der Waals surface area contributed by atoms with E-state index in [1.807, 2.05) is 6.08 Å². The molecule has 0 bridgehead atoms. The fraction of sp³-hybridized carbons (Fsp3) is 0.857. The summed E-state index contributed by atoms with van der Waals surface area (Å²) in [6.07, 6.45) is 13.7. The van der Waals surface area contributed by atoms with Gasteiger partial charge in [0.1, 0.15) is 0 Å². The molecule has 4 aliphatic carbocycles. The highest BCUT2D eigenvalue weighted by Crippen LogP contribution is 2.66. The van der Waals surface area contributed by atoms with Crippen molar-refractivity contribution in [3.8, 4) is 0 Å². The molecule has 4 rings (SSSR count). The number of ketones is 1. The van der Waals surface area contributed by atoms with Crippen LogP contribution in [0.25, 0.3) is 0 Å². The van der Waals surface area contributed by atoms with Gasteiger partial charge in [-0.25, -0.2) is 0 Å². The first-order chi connectivity index (χ1) is 10.5. The first kappa shape index (κ1) is 15.0. The molecular formula is C21H32O. The lowest BCUT2D eigenvalue weighted by atomic mass is 9.47. The van der Waals surface area contributed by atoms with Crippen LogP contribution in [-0.4, -0.2) is 5.78 Å². The Hall–Kier alpha value is -0.590. The van der Waals surface area contributed by atoms with Crippen molar-refractivity contribution in [2.24, 2.45) is 34.5 Å². The quantitative estimate of drug-likeness (QED) is 0.621. The molecule has 0 aromatic rings.